The summed E-state index contributed by atoms with van der Waals surface area (Å²) in [7, 11) is 0. The summed E-state index contributed by atoms with van der Waals surface area (Å²) in [5.41, 5.74) is 6.84. The number of amides is 1. The molecule has 1 fully saturated rings. The van der Waals surface area contributed by atoms with Crippen molar-refractivity contribution in [2.45, 2.75) is 51.1 Å². The third kappa shape index (κ3) is 5.50. The molecule has 3 N–H and O–H groups in total. The van der Waals surface area contributed by atoms with Crippen molar-refractivity contribution in [2.24, 2.45) is 11.7 Å². The molecule has 2 rings (SSSR count). The lowest BCUT2D eigenvalue weighted by atomic mass is 9.91. The van der Waals surface area contributed by atoms with Gasteiger partial charge in [-0.15, -0.1) is 12.4 Å². The summed E-state index contributed by atoms with van der Waals surface area (Å²) in [6.07, 6.45) is 5.21. The summed E-state index contributed by atoms with van der Waals surface area (Å²) >= 11 is 5.95. The molecule has 0 aliphatic heterocycles. The first kappa shape index (κ1) is 18.3. The van der Waals surface area contributed by atoms with Crippen LogP contribution in [0.25, 0.3) is 0 Å². The molecule has 0 aromatic heterocycles. The SMILES string of the molecule is CC(N)CC(=O)NC(c1ccc(Cl)cc1)C1CCCC1.Cl. The van der Waals surface area contributed by atoms with Crippen LogP contribution in [0, 0.1) is 5.92 Å². The maximum Gasteiger partial charge on any atom is 0.222 e. The van der Waals surface area contributed by atoms with Gasteiger partial charge in [-0.3, -0.25) is 4.79 Å². The summed E-state index contributed by atoms with van der Waals surface area (Å²) in [5, 5.41) is 3.89. The van der Waals surface area contributed by atoms with Crippen LogP contribution in [0.4, 0.5) is 0 Å². The number of nitrogens with one attached hydrogen (secondary N) is 1. The van der Waals surface area contributed by atoms with E-state index in [9.17, 15) is 4.79 Å². The summed E-state index contributed by atoms with van der Waals surface area (Å²) in [6.45, 7) is 1.85. The first-order chi connectivity index (χ1) is 9.56. The lowest BCUT2D eigenvalue weighted by Crippen LogP contribution is -2.35. The minimum absolute atomic E-state index is 0. The minimum Gasteiger partial charge on any atom is -0.349 e. The van der Waals surface area contributed by atoms with Gasteiger partial charge in [0, 0.05) is 17.5 Å². The second-order valence-electron chi connectivity index (χ2n) is 5.82. The molecule has 3 nitrogen and oxygen atoms in total. The molecule has 2 atom stereocenters. The van der Waals surface area contributed by atoms with E-state index in [0.29, 0.717) is 12.3 Å². The van der Waals surface area contributed by atoms with Gasteiger partial charge in [-0.1, -0.05) is 36.6 Å². The molecule has 0 spiro atoms. The zero-order valence-electron chi connectivity index (χ0n) is 12.3. The summed E-state index contributed by atoms with van der Waals surface area (Å²) in [4.78, 5) is 12.0. The van der Waals surface area contributed by atoms with Crippen LogP contribution in [0.1, 0.15) is 50.6 Å². The van der Waals surface area contributed by atoms with Crippen LogP contribution in [0.3, 0.4) is 0 Å². The molecule has 5 heteroatoms. The maximum atomic E-state index is 12.0. The van der Waals surface area contributed by atoms with Gasteiger partial charge >= 0.3 is 0 Å². The predicted molar refractivity (Wildman–Crippen MR) is 89.8 cm³/mol. The van der Waals surface area contributed by atoms with Crippen molar-refractivity contribution in [2.75, 3.05) is 0 Å². The highest BCUT2D eigenvalue weighted by Gasteiger charge is 2.27. The van der Waals surface area contributed by atoms with E-state index in [1.165, 1.54) is 25.7 Å². The van der Waals surface area contributed by atoms with Crippen molar-refractivity contribution in [1.82, 2.24) is 5.32 Å². The number of nitrogens with two attached hydrogens (primary N) is 1. The van der Waals surface area contributed by atoms with Crippen LogP contribution in [-0.4, -0.2) is 11.9 Å². The summed E-state index contributed by atoms with van der Waals surface area (Å²) < 4.78 is 0. The third-order valence-electron chi connectivity index (χ3n) is 3.92. The molecule has 1 amide bonds. The largest absolute Gasteiger partial charge is 0.349 e. The van der Waals surface area contributed by atoms with Gasteiger partial charge in [-0.25, -0.2) is 0 Å². The van der Waals surface area contributed by atoms with Gasteiger partial charge in [0.25, 0.3) is 0 Å². The first-order valence-electron chi connectivity index (χ1n) is 7.36. The van der Waals surface area contributed by atoms with Crippen LogP contribution < -0.4 is 11.1 Å². The molecule has 21 heavy (non-hydrogen) atoms. The number of rotatable bonds is 5. The molecule has 2 unspecified atom stereocenters. The zero-order chi connectivity index (χ0) is 14.5. The predicted octanol–water partition coefficient (Wildman–Crippen LogP) is 3.85. The quantitative estimate of drug-likeness (QED) is 0.861. The lowest BCUT2D eigenvalue weighted by Gasteiger charge is -2.25. The summed E-state index contributed by atoms with van der Waals surface area (Å²) in [5.74, 6) is 0.556. The van der Waals surface area contributed by atoms with E-state index in [1.807, 2.05) is 31.2 Å². The number of halogens is 2. The van der Waals surface area contributed by atoms with Crippen LogP contribution >= 0.6 is 24.0 Å². The Morgan fingerprint density at radius 2 is 1.90 bits per heavy atom. The second-order valence-corrected chi connectivity index (χ2v) is 6.26. The van der Waals surface area contributed by atoms with Gasteiger partial charge < -0.3 is 11.1 Å². The number of carbonyl (C=O) groups excluding carboxylic acids is 1. The van der Waals surface area contributed by atoms with E-state index in [1.54, 1.807) is 0 Å². The fourth-order valence-electron chi connectivity index (χ4n) is 2.96. The standard InChI is InChI=1S/C16H23ClN2O.ClH/c1-11(18)10-15(20)19-16(12-4-2-3-5-12)13-6-8-14(17)9-7-13;/h6-9,11-12,16H,2-5,10,18H2,1H3,(H,19,20);1H. The Morgan fingerprint density at radius 3 is 2.43 bits per heavy atom. The van der Waals surface area contributed by atoms with Crippen LogP contribution in [0.5, 0.6) is 0 Å². The number of carbonyl (C=O) groups is 1. The van der Waals surface area contributed by atoms with E-state index in [4.69, 9.17) is 17.3 Å². The highest BCUT2D eigenvalue weighted by atomic mass is 35.5. The van der Waals surface area contributed by atoms with Gasteiger partial charge in [0.15, 0.2) is 0 Å². The Morgan fingerprint density at radius 1 is 1.33 bits per heavy atom. The topological polar surface area (TPSA) is 55.1 Å². The molecular formula is C16H24Cl2N2O. The third-order valence-corrected chi connectivity index (χ3v) is 4.18. The highest BCUT2D eigenvalue weighted by molar-refractivity contribution is 6.30. The molecular weight excluding hydrogens is 307 g/mol. The molecule has 1 aromatic rings. The minimum atomic E-state index is -0.107. The van der Waals surface area contributed by atoms with Crippen LogP contribution in [0.2, 0.25) is 5.02 Å². The van der Waals surface area contributed by atoms with E-state index < -0.39 is 0 Å². The van der Waals surface area contributed by atoms with Crippen LogP contribution in [0.15, 0.2) is 24.3 Å². The second kappa shape index (κ2) is 8.62. The van der Waals surface area contributed by atoms with Gasteiger partial charge in [0.1, 0.15) is 0 Å². The Labute approximate surface area is 138 Å². The Balaban J connectivity index is 0.00000220. The molecule has 0 bridgehead atoms. The number of benzene rings is 1. The van der Waals surface area contributed by atoms with E-state index in [-0.39, 0.29) is 30.4 Å². The molecule has 0 saturated heterocycles. The molecule has 0 heterocycles. The summed E-state index contributed by atoms with van der Waals surface area (Å²) in [6, 6.07) is 7.77. The van der Waals surface area contributed by atoms with Gasteiger partial charge in [0.2, 0.25) is 5.91 Å². The van der Waals surface area contributed by atoms with Crippen molar-refractivity contribution >= 4 is 29.9 Å². The molecule has 1 aliphatic rings. The fraction of sp³-hybridized carbons (Fsp3) is 0.562. The van der Waals surface area contributed by atoms with Crippen molar-refractivity contribution in [1.29, 1.82) is 0 Å². The van der Waals surface area contributed by atoms with Crippen molar-refractivity contribution in [3.05, 3.63) is 34.9 Å². The van der Waals surface area contributed by atoms with Gasteiger partial charge in [-0.2, -0.15) is 0 Å². The average molecular weight is 331 g/mol. The van der Waals surface area contributed by atoms with Crippen molar-refractivity contribution in [3.8, 4) is 0 Å². The smallest absolute Gasteiger partial charge is 0.222 e. The Kier molecular flexibility index (Phi) is 7.50. The maximum absolute atomic E-state index is 12.0. The first-order valence-corrected chi connectivity index (χ1v) is 7.74. The molecule has 1 aromatic carbocycles. The fourth-order valence-corrected chi connectivity index (χ4v) is 3.08. The zero-order valence-corrected chi connectivity index (χ0v) is 13.9. The van der Waals surface area contributed by atoms with Crippen molar-refractivity contribution in [3.63, 3.8) is 0 Å². The van der Waals surface area contributed by atoms with Gasteiger partial charge in [-0.05, 0) is 43.4 Å². The van der Waals surface area contributed by atoms with Crippen molar-refractivity contribution < 1.29 is 4.79 Å². The Hall–Kier alpha value is -0.770. The normalized spacial score (nSPS) is 17.9. The number of hydrogen-bond acceptors (Lipinski definition) is 2. The number of hydrogen-bond donors (Lipinski definition) is 2. The van der Waals surface area contributed by atoms with E-state index in [0.717, 1.165) is 10.6 Å². The van der Waals surface area contributed by atoms with E-state index in [2.05, 4.69) is 5.32 Å². The van der Waals surface area contributed by atoms with E-state index >= 15 is 0 Å². The molecule has 118 valence electrons. The molecule has 0 radical (unpaired) electrons. The van der Waals surface area contributed by atoms with Gasteiger partial charge in [0.05, 0.1) is 6.04 Å². The highest BCUT2D eigenvalue weighted by Crippen LogP contribution is 2.36. The Bertz CT molecular complexity index is 442. The lowest BCUT2D eigenvalue weighted by molar-refractivity contribution is -0.122. The van der Waals surface area contributed by atoms with Crippen LogP contribution in [-0.2, 0) is 4.79 Å². The molecule has 1 aliphatic carbocycles. The average Bonchev–Trinajstić information content (AvgIpc) is 2.90. The monoisotopic (exact) mass is 330 g/mol. The molecule has 1 saturated carbocycles.